The number of halogens is 3. The molecule has 0 saturated carbocycles. The van der Waals surface area contributed by atoms with E-state index in [0.29, 0.717) is 18.8 Å². The lowest BCUT2D eigenvalue weighted by molar-refractivity contribution is -0.130. The molecule has 0 spiro atoms. The number of carbonyl (C=O) groups is 1. The van der Waals surface area contributed by atoms with Crippen molar-refractivity contribution < 1.29 is 13.9 Å². The van der Waals surface area contributed by atoms with E-state index in [1.807, 2.05) is 6.92 Å². The summed E-state index contributed by atoms with van der Waals surface area (Å²) in [6.45, 7) is 3.27. The fourth-order valence-electron chi connectivity index (χ4n) is 1.64. The van der Waals surface area contributed by atoms with E-state index >= 15 is 0 Å². The molecule has 0 aromatic heterocycles. The van der Waals surface area contributed by atoms with Crippen LogP contribution in [0.25, 0.3) is 0 Å². The van der Waals surface area contributed by atoms with Crippen molar-refractivity contribution in [3.05, 3.63) is 28.0 Å². The van der Waals surface area contributed by atoms with Crippen molar-refractivity contribution in [2.45, 2.75) is 12.5 Å². The van der Waals surface area contributed by atoms with Crippen molar-refractivity contribution in [1.82, 2.24) is 5.32 Å². The zero-order valence-corrected chi connectivity index (χ0v) is 11.7. The van der Waals surface area contributed by atoms with Crippen LogP contribution in [0, 0.1) is 5.82 Å². The Labute approximate surface area is 120 Å². The second-order valence-electron chi connectivity index (χ2n) is 4.64. The van der Waals surface area contributed by atoms with Gasteiger partial charge in [0.15, 0.2) is 5.82 Å². The van der Waals surface area contributed by atoms with Crippen molar-refractivity contribution in [2.75, 3.05) is 25.0 Å². The van der Waals surface area contributed by atoms with Gasteiger partial charge in [-0.15, -0.1) is 0 Å². The lowest BCUT2D eigenvalue weighted by atomic mass is 10.0. The predicted octanol–water partition coefficient (Wildman–Crippen LogP) is 2.45. The number of hydrogen-bond acceptors (Lipinski definition) is 3. The summed E-state index contributed by atoms with van der Waals surface area (Å²) < 4.78 is 18.7. The van der Waals surface area contributed by atoms with E-state index in [1.54, 1.807) is 0 Å². The largest absolute Gasteiger partial charge is 0.363 e. The average Bonchev–Trinajstić information content (AvgIpc) is 2.31. The first-order valence-electron chi connectivity index (χ1n) is 5.69. The summed E-state index contributed by atoms with van der Waals surface area (Å²) in [5.41, 5.74) is 0.0389. The van der Waals surface area contributed by atoms with E-state index in [9.17, 15) is 9.18 Å². The van der Waals surface area contributed by atoms with Gasteiger partial charge in [0.1, 0.15) is 6.61 Å². The Hall–Kier alpha value is -0.880. The molecule has 0 unspecified atom stereocenters. The van der Waals surface area contributed by atoms with Gasteiger partial charge < -0.3 is 15.4 Å². The molecule has 4 nitrogen and oxygen atoms in total. The molecule has 7 heteroatoms. The molecule has 0 bridgehead atoms. The van der Waals surface area contributed by atoms with Crippen LogP contribution in [0.2, 0.25) is 10.0 Å². The van der Waals surface area contributed by atoms with Crippen LogP contribution in [-0.4, -0.2) is 31.2 Å². The van der Waals surface area contributed by atoms with E-state index in [-0.39, 0.29) is 28.2 Å². The molecule has 1 heterocycles. The summed E-state index contributed by atoms with van der Waals surface area (Å²) in [6, 6.07) is 2.60. The number of ether oxygens (including phenoxy) is 1. The standard InChI is InChI=1S/C12H13Cl2FN2O2/c1-12(5-16-6-12)19-4-10(18)17-7-2-8(13)11(15)9(14)3-7/h2-3,16H,4-6H2,1H3,(H,17,18). The predicted molar refractivity (Wildman–Crippen MR) is 72.3 cm³/mol. The molecular weight excluding hydrogens is 294 g/mol. The highest BCUT2D eigenvalue weighted by atomic mass is 35.5. The van der Waals surface area contributed by atoms with Crippen molar-refractivity contribution in [3.8, 4) is 0 Å². The Morgan fingerprint density at radius 1 is 1.47 bits per heavy atom. The van der Waals surface area contributed by atoms with Gasteiger partial charge in [-0.2, -0.15) is 0 Å². The number of nitrogens with one attached hydrogen (secondary N) is 2. The highest BCUT2D eigenvalue weighted by Gasteiger charge is 2.33. The van der Waals surface area contributed by atoms with E-state index in [2.05, 4.69) is 10.6 Å². The fourth-order valence-corrected chi connectivity index (χ4v) is 2.13. The van der Waals surface area contributed by atoms with Gasteiger partial charge in [-0.3, -0.25) is 4.79 Å². The highest BCUT2D eigenvalue weighted by molar-refractivity contribution is 6.35. The zero-order chi connectivity index (χ0) is 14.0. The molecule has 0 radical (unpaired) electrons. The maximum atomic E-state index is 13.2. The van der Waals surface area contributed by atoms with Gasteiger partial charge in [-0.25, -0.2) is 4.39 Å². The third-order valence-electron chi connectivity index (χ3n) is 2.82. The summed E-state index contributed by atoms with van der Waals surface area (Å²) in [5, 5.41) is 5.33. The smallest absolute Gasteiger partial charge is 0.250 e. The first-order chi connectivity index (χ1) is 8.89. The topological polar surface area (TPSA) is 50.4 Å². The third kappa shape index (κ3) is 3.57. The van der Waals surface area contributed by atoms with Crippen LogP contribution in [0.15, 0.2) is 12.1 Å². The monoisotopic (exact) mass is 306 g/mol. The summed E-state index contributed by atoms with van der Waals surface area (Å²) in [6.07, 6.45) is 0. The molecule has 19 heavy (non-hydrogen) atoms. The average molecular weight is 307 g/mol. The minimum Gasteiger partial charge on any atom is -0.363 e. The molecule has 1 saturated heterocycles. The summed E-state index contributed by atoms with van der Waals surface area (Å²) >= 11 is 11.3. The molecule has 1 aliphatic heterocycles. The van der Waals surface area contributed by atoms with E-state index < -0.39 is 5.82 Å². The van der Waals surface area contributed by atoms with Crippen molar-refractivity contribution >= 4 is 34.8 Å². The number of amides is 1. The van der Waals surface area contributed by atoms with Crippen LogP contribution in [0.5, 0.6) is 0 Å². The summed E-state index contributed by atoms with van der Waals surface area (Å²) in [7, 11) is 0. The highest BCUT2D eigenvalue weighted by Crippen LogP contribution is 2.27. The Kier molecular flexibility index (Phi) is 4.30. The molecule has 1 amide bonds. The van der Waals surface area contributed by atoms with Crippen LogP contribution in [0.3, 0.4) is 0 Å². The number of rotatable bonds is 4. The quantitative estimate of drug-likeness (QED) is 0.840. The minimum absolute atomic E-state index is 0.0786. The molecule has 0 aliphatic carbocycles. The van der Waals surface area contributed by atoms with E-state index in [4.69, 9.17) is 27.9 Å². The molecule has 104 valence electrons. The second-order valence-corrected chi connectivity index (χ2v) is 5.46. The van der Waals surface area contributed by atoms with Crippen molar-refractivity contribution in [3.63, 3.8) is 0 Å². The maximum Gasteiger partial charge on any atom is 0.250 e. The van der Waals surface area contributed by atoms with Gasteiger partial charge >= 0.3 is 0 Å². The first-order valence-corrected chi connectivity index (χ1v) is 6.44. The summed E-state index contributed by atoms with van der Waals surface area (Å²) in [5.74, 6) is -1.04. The molecule has 2 N–H and O–H groups in total. The zero-order valence-electron chi connectivity index (χ0n) is 10.2. The minimum atomic E-state index is -0.703. The Balaban J connectivity index is 1.91. The number of carbonyl (C=O) groups excluding carboxylic acids is 1. The normalized spacial score (nSPS) is 16.8. The number of anilines is 1. The summed E-state index contributed by atoms with van der Waals surface area (Å²) in [4.78, 5) is 11.7. The van der Waals surface area contributed by atoms with E-state index in [1.165, 1.54) is 12.1 Å². The SMILES string of the molecule is CC1(OCC(=O)Nc2cc(Cl)c(F)c(Cl)c2)CNC1. The number of hydrogen-bond donors (Lipinski definition) is 2. The van der Waals surface area contributed by atoms with Crippen LogP contribution < -0.4 is 10.6 Å². The van der Waals surface area contributed by atoms with Crippen molar-refractivity contribution in [1.29, 1.82) is 0 Å². The van der Waals surface area contributed by atoms with Gasteiger partial charge in [0.2, 0.25) is 5.91 Å². The van der Waals surface area contributed by atoms with Crippen LogP contribution in [-0.2, 0) is 9.53 Å². The lowest BCUT2D eigenvalue weighted by Gasteiger charge is -2.38. The van der Waals surface area contributed by atoms with Gasteiger partial charge in [0.25, 0.3) is 0 Å². The Morgan fingerprint density at radius 2 is 2.05 bits per heavy atom. The molecule has 1 fully saturated rings. The van der Waals surface area contributed by atoms with Crippen LogP contribution in [0.1, 0.15) is 6.92 Å². The van der Waals surface area contributed by atoms with Crippen LogP contribution in [0.4, 0.5) is 10.1 Å². The molecule has 1 aliphatic rings. The van der Waals surface area contributed by atoms with Gasteiger partial charge in [-0.05, 0) is 19.1 Å². The lowest BCUT2D eigenvalue weighted by Crippen LogP contribution is -2.59. The van der Waals surface area contributed by atoms with E-state index in [0.717, 1.165) is 0 Å². The second kappa shape index (κ2) is 5.63. The molecule has 1 aromatic carbocycles. The molecule has 2 rings (SSSR count). The van der Waals surface area contributed by atoms with Crippen molar-refractivity contribution in [2.24, 2.45) is 0 Å². The van der Waals surface area contributed by atoms with Gasteiger partial charge in [0.05, 0.1) is 15.6 Å². The Morgan fingerprint density at radius 3 is 2.53 bits per heavy atom. The van der Waals surface area contributed by atoms with Gasteiger partial charge in [0, 0.05) is 18.8 Å². The fraction of sp³-hybridized carbons (Fsp3) is 0.417. The third-order valence-corrected chi connectivity index (χ3v) is 3.37. The maximum absolute atomic E-state index is 13.2. The van der Waals surface area contributed by atoms with Gasteiger partial charge in [-0.1, -0.05) is 23.2 Å². The molecular formula is C12H13Cl2FN2O2. The molecule has 0 atom stereocenters. The van der Waals surface area contributed by atoms with Crippen LogP contribution >= 0.6 is 23.2 Å². The molecule has 1 aromatic rings. The number of benzene rings is 1. The Bertz CT molecular complexity index is 483. The first kappa shape index (κ1) is 14.5.